The average Bonchev–Trinajstić information content (AvgIpc) is 3.11. The van der Waals surface area contributed by atoms with Gasteiger partial charge in [-0.1, -0.05) is 58.1 Å². The van der Waals surface area contributed by atoms with Crippen molar-refractivity contribution in [3.63, 3.8) is 0 Å². The SMILES string of the molecule is C=CCN1CCN(C(=O)OC2/C=C/C(C)C(/C(C)=C/C=C/C(C)(O)CC(O)C(C)C(C)C(O)CC)OC(=O)CC(O)CCC2(C)OCCOCC)CC1. The summed E-state index contributed by atoms with van der Waals surface area (Å²) in [4.78, 5) is 30.6. The van der Waals surface area contributed by atoms with Gasteiger partial charge in [-0.2, -0.15) is 0 Å². The molecule has 2 aliphatic rings. The van der Waals surface area contributed by atoms with Gasteiger partial charge in [-0.3, -0.25) is 9.69 Å². The van der Waals surface area contributed by atoms with Gasteiger partial charge >= 0.3 is 12.1 Å². The van der Waals surface area contributed by atoms with Crippen molar-refractivity contribution in [3.05, 3.63) is 48.6 Å². The first-order valence-corrected chi connectivity index (χ1v) is 19.5. The Morgan fingerprint density at radius 2 is 1.79 bits per heavy atom. The number of esters is 1. The second kappa shape index (κ2) is 22.7. The molecule has 12 heteroatoms. The molecule has 304 valence electrons. The molecule has 53 heavy (non-hydrogen) atoms. The van der Waals surface area contributed by atoms with E-state index in [1.807, 2.05) is 60.6 Å². The third-order valence-corrected chi connectivity index (χ3v) is 10.8. The Hall–Kier alpha value is -2.58. The Bertz CT molecular complexity index is 1210. The van der Waals surface area contributed by atoms with Crippen molar-refractivity contribution < 1.29 is 49.0 Å². The quantitative estimate of drug-likeness (QED) is 0.0701. The number of rotatable bonds is 17. The van der Waals surface area contributed by atoms with Gasteiger partial charge in [0.1, 0.15) is 11.7 Å². The van der Waals surface area contributed by atoms with E-state index in [2.05, 4.69) is 11.5 Å². The Balaban J connectivity index is 2.37. The molecule has 0 aliphatic carbocycles. The molecule has 1 fully saturated rings. The van der Waals surface area contributed by atoms with Crippen molar-refractivity contribution in [2.24, 2.45) is 17.8 Å². The molecule has 10 atom stereocenters. The predicted octanol–water partition coefficient (Wildman–Crippen LogP) is 4.80. The van der Waals surface area contributed by atoms with Crippen molar-refractivity contribution in [1.29, 1.82) is 0 Å². The topological polar surface area (TPSA) is 158 Å². The number of piperazine rings is 1. The molecule has 12 nitrogen and oxygen atoms in total. The number of allylic oxidation sites excluding steroid dienone is 2. The number of amides is 1. The number of hydrogen-bond donors (Lipinski definition) is 4. The van der Waals surface area contributed by atoms with Gasteiger partial charge in [-0.15, -0.1) is 6.58 Å². The summed E-state index contributed by atoms with van der Waals surface area (Å²) in [6.07, 6.45) is 7.05. The average molecular weight is 751 g/mol. The molecule has 2 aliphatic heterocycles. The molecule has 0 bridgehead atoms. The van der Waals surface area contributed by atoms with Crippen molar-refractivity contribution >= 4 is 12.1 Å². The van der Waals surface area contributed by atoms with Crippen molar-refractivity contribution in [3.8, 4) is 0 Å². The maximum absolute atomic E-state index is 13.6. The summed E-state index contributed by atoms with van der Waals surface area (Å²) in [5.41, 5.74) is -1.70. The highest BCUT2D eigenvalue weighted by Crippen LogP contribution is 2.31. The number of hydrogen-bond acceptors (Lipinski definition) is 11. The first-order chi connectivity index (χ1) is 25.0. The number of carbonyl (C=O) groups is 2. The Morgan fingerprint density at radius 1 is 1.13 bits per heavy atom. The Kier molecular flexibility index (Phi) is 20.0. The normalized spacial score (nSPS) is 29.5. The number of ether oxygens (including phenoxy) is 4. The van der Waals surface area contributed by atoms with E-state index in [0.717, 1.165) is 6.54 Å². The van der Waals surface area contributed by atoms with Crippen LogP contribution >= 0.6 is 0 Å². The summed E-state index contributed by atoms with van der Waals surface area (Å²) in [6, 6.07) is 0. The second-order valence-corrected chi connectivity index (χ2v) is 15.4. The molecular formula is C41H70N2O10. The molecule has 2 heterocycles. The lowest BCUT2D eigenvalue weighted by Crippen LogP contribution is -2.52. The summed E-state index contributed by atoms with van der Waals surface area (Å²) >= 11 is 0. The summed E-state index contributed by atoms with van der Waals surface area (Å²) in [6.45, 7) is 22.9. The summed E-state index contributed by atoms with van der Waals surface area (Å²) in [7, 11) is 0. The monoisotopic (exact) mass is 751 g/mol. The highest BCUT2D eigenvalue weighted by atomic mass is 16.6. The van der Waals surface area contributed by atoms with Gasteiger partial charge in [0.25, 0.3) is 0 Å². The number of aliphatic hydroxyl groups is 4. The zero-order chi connectivity index (χ0) is 39.8. The van der Waals surface area contributed by atoms with Gasteiger partial charge < -0.3 is 44.3 Å². The Labute approximate surface area is 318 Å². The minimum absolute atomic E-state index is 0.0732. The smallest absolute Gasteiger partial charge is 0.410 e. The molecule has 1 amide bonds. The van der Waals surface area contributed by atoms with Crippen LogP contribution in [0.25, 0.3) is 0 Å². The zero-order valence-electron chi connectivity index (χ0n) is 33.6. The van der Waals surface area contributed by atoms with Crippen LogP contribution in [0.1, 0.15) is 87.5 Å². The van der Waals surface area contributed by atoms with Gasteiger partial charge in [0.05, 0.1) is 43.5 Å². The minimum Gasteiger partial charge on any atom is -0.457 e. The van der Waals surface area contributed by atoms with Crippen LogP contribution in [0.5, 0.6) is 0 Å². The highest BCUT2D eigenvalue weighted by molar-refractivity contribution is 5.70. The zero-order valence-corrected chi connectivity index (χ0v) is 33.6. The molecule has 4 N–H and O–H groups in total. The van der Waals surface area contributed by atoms with Crippen molar-refractivity contribution in [2.75, 3.05) is 52.5 Å². The largest absolute Gasteiger partial charge is 0.457 e. The van der Waals surface area contributed by atoms with Crippen LogP contribution in [-0.2, 0) is 23.7 Å². The minimum atomic E-state index is -1.35. The van der Waals surface area contributed by atoms with E-state index in [1.165, 1.54) is 0 Å². The van der Waals surface area contributed by atoms with Gasteiger partial charge in [0.2, 0.25) is 0 Å². The number of cyclic esters (lactones) is 1. The van der Waals surface area contributed by atoms with Crippen LogP contribution in [-0.4, -0.2) is 137 Å². The molecular weight excluding hydrogens is 680 g/mol. The maximum atomic E-state index is 13.6. The van der Waals surface area contributed by atoms with Crippen molar-refractivity contribution in [1.82, 2.24) is 9.80 Å². The van der Waals surface area contributed by atoms with E-state index < -0.39 is 53.8 Å². The molecule has 0 saturated carbocycles. The van der Waals surface area contributed by atoms with Gasteiger partial charge in [-0.05, 0) is 70.4 Å². The first-order valence-electron chi connectivity index (χ1n) is 19.5. The lowest BCUT2D eigenvalue weighted by atomic mass is 9.81. The van der Waals surface area contributed by atoms with Gasteiger partial charge in [0, 0.05) is 51.7 Å². The van der Waals surface area contributed by atoms with E-state index in [-0.39, 0.29) is 43.6 Å². The third-order valence-electron chi connectivity index (χ3n) is 10.8. The summed E-state index contributed by atoms with van der Waals surface area (Å²) < 4.78 is 24.0. The van der Waals surface area contributed by atoms with Crippen LogP contribution in [0.2, 0.25) is 0 Å². The van der Waals surface area contributed by atoms with Crippen molar-refractivity contribution in [2.45, 2.75) is 129 Å². The maximum Gasteiger partial charge on any atom is 0.410 e. The number of aliphatic hydroxyl groups excluding tert-OH is 3. The lowest BCUT2D eigenvalue weighted by molar-refractivity contribution is -0.152. The third kappa shape index (κ3) is 15.6. The predicted molar refractivity (Wildman–Crippen MR) is 206 cm³/mol. The Morgan fingerprint density at radius 3 is 2.42 bits per heavy atom. The molecule has 0 aromatic carbocycles. The molecule has 0 aromatic heterocycles. The number of carbonyl (C=O) groups excluding carboxylic acids is 2. The van der Waals surface area contributed by atoms with Crippen LogP contribution in [0.15, 0.2) is 48.6 Å². The van der Waals surface area contributed by atoms with Gasteiger partial charge in [-0.25, -0.2) is 4.79 Å². The van der Waals surface area contributed by atoms with Crippen LogP contribution in [0.3, 0.4) is 0 Å². The standard InChI is InChI=1S/C41H70N2O10/c1-10-20-42-21-23-43(24-22-42)39(48)52-36-16-15-30(5)38(53-37(47)27-33(44)17-19-41(36,9)51-26-25-50-12-3)29(4)14-13-18-40(8,49)28-35(46)32(7)31(6)34(45)11-2/h10,13-16,18,30-36,38,44-46,49H,1,11-12,17,19-28H2,2-9H3/b16-15+,18-13+,29-14+. The fraction of sp³-hybridized carbons (Fsp3) is 0.756. The second-order valence-electron chi connectivity index (χ2n) is 15.4. The molecule has 1 saturated heterocycles. The first kappa shape index (κ1) is 46.6. The number of nitrogens with zero attached hydrogens (tertiary/aromatic N) is 2. The van der Waals surface area contributed by atoms with E-state index in [4.69, 9.17) is 18.9 Å². The van der Waals surface area contributed by atoms with Gasteiger partial charge in [0.15, 0.2) is 6.10 Å². The highest BCUT2D eigenvalue weighted by Gasteiger charge is 2.39. The van der Waals surface area contributed by atoms with Crippen LogP contribution in [0.4, 0.5) is 4.79 Å². The molecule has 0 radical (unpaired) electrons. The van der Waals surface area contributed by atoms with E-state index in [0.29, 0.717) is 57.8 Å². The summed E-state index contributed by atoms with van der Waals surface area (Å²) in [5.74, 6) is -1.30. The van der Waals surface area contributed by atoms with E-state index in [9.17, 15) is 30.0 Å². The van der Waals surface area contributed by atoms with Crippen LogP contribution < -0.4 is 0 Å². The molecule has 10 unspecified atom stereocenters. The summed E-state index contributed by atoms with van der Waals surface area (Å²) in [5, 5.41) is 43.1. The molecule has 2 rings (SSSR count). The van der Waals surface area contributed by atoms with E-state index in [1.54, 1.807) is 36.1 Å². The molecule has 0 spiro atoms. The molecule has 0 aromatic rings. The van der Waals surface area contributed by atoms with Crippen LogP contribution in [0, 0.1) is 17.8 Å². The fourth-order valence-electron chi connectivity index (χ4n) is 6.80. The lowest BCUT2D eigenvalue weighted by Gasteiger charge is -2.39. The fourth-order valence-corrected chi connectivity index (χ4v) is 6.80. The van der Waals surface area contributed by atoms with E-state index >= 15 is 0 Å².